The van der Waals surface area contributed by atoms with E-state index in [-0.39, 0.29) is 21.9 Å². The normalized spacial score (nSPS) is 22.7. The first kappa shape index (κ1) is 15.7. The molecule has 1 aliphatic heterocycles. The molecular weight excluding hydrogens is 303 g/mol. The fourth-order valence-corrected chi connectivity index (χ4v) is 4.18. The second-order valence-electron chi connectivity index (χ2n) is 5.20. The quantitative estimate of drug-likeness (QED) is 0.929. The number of hydrogen-bond acceptors (Lipinski definition) is 3. The first-order chi connectivity index (χ1) is 9.32. The molecule has 1 aromatic carbocycles. The maximum atomic E-state index is 13.8. The van der Waals surface area contributed by atoms with E-state index in [0.717, 1.165) is 18.9 Å². The van der Waals surface area contributed by atoms with Crippen molar-refractivity contribution in [1.82, 2.24) is 4.31 Å². The minimum atomic E-state index is -3.83. The van der Waals surface area contributed by atoms with Gasteiger partial charge in [-0.1, -0.05) is 11.6 Å². The number of hydrogen-bond donors (Lipinski definition) is 1. The summed E-state index contributed by atoms with van der Waals surface area (Å²) < 4.78 is 40.1. The van der Waals surface area contributed by atoms with Gasteiger partial charge < -0.3 is 5.73 Å². The Kier molecular flexibility index (Phi) is 4.69. The molecule has 0 aromatic heterocycles. The molecule has 0 bridgehead atoms. The van der Waals surface area contributed by atoms with Crippen molar-refractivity contribution in [2.45, 2.75) is 30.7 Å². The predicted octanol–water partition coefficient (Wildman–Crippen LogP) is 2.23. The molecule has 1 aliphatic rings. The minimum Gasteiger partial charge on any atom is -0.328 e. The zero-order valence-electron chi connectivity index (χ0n) is 11.2. The van der Waals surface area contributed by atoms with Crippen molar-refractivity contribution in [1.29, 1.82) is 0 Å². The van der Waals surface area contributed by atoms with Crippen LogP contribution in [-0.4, -0.2) is 31.9 Å². The lowest BCUT2D eigenvalue weighted by molar-refractivity contribution is 0.242. The number of sulfonamides is 1. The van der Waals surface area contributed by atoms with E-state index in [1.807, 2.05) is 6.92 Å². The Morgan fingerprint density at radius 3 is 2.80 bits per heavy atom. The van der Waals surface area contributed by atoms with Crippen molar-refractivity contribution in [3.8, 4) is 0 Å². The molecule has 0 spiro atoms. The largest absolute Gasteiger partial charge is 0.328 e. The third kappa shape index (κ3) is 3.14. The van der Waals surface area contributed by atoms with Crippen LogP contribution in [0.25, 0.3) is 0 Å². The maximum Gasteiger partial charge on any atom is 0.245 e. The Morgan fingerprint density at radius 1 is 1.50 bits per heavy atom. The SMILES string of the molecule is CC(N)C1CCCN(S(=O)(=O)c2ccc(Cl)cc2F)C1. The summed E-state index contributed by atoms with van der Waals surface area (Å²) in [7, 11) is -3.83. The molecule has 1 fully saturated rings. The van der Waals surface area contributed by atoms with Gasteiger partial charge in [-0.25, -0.2) is 12.8 Å². The molecule has 1 heterocycles. The van der Waals surface area contributed by atoms with Crippen LogP contribution in [0.3, 0.4) is 0 Å². The molecule has 1 saturated heterocycles. The number of piperidine rings is 1. The molecule has 0 aliphatic carbocycles. The molecule has 2 unspecified atom stereocenters. The van der Waals surface area contributed by atoms with E-state index in [4.69, 9.17) is 17.3 Å². The summed E-state index contributed by atoms with van der Waals surface area (Å²) in [4.78, 5) is -0.327. The molecule has 2 rings (SSSR count). The monoisotopic (exact) mass is 320 g/mol. The van der Waals surface area contributed by atoms with Crippen LogP contribution in [0.4, 0.5) is 4.39 Å². The highest BCUT2D eigenvalue weighted by Crippen LogP contribution is 2.27. The lowest BCUT2D eigenvalue weighted by Gasteiger charge is -2.33. The van der Waals surface area contributed by atoms with Crippen molar-refractivity contribution in [2.24, 2.45) is 11.7 Å². The summed E-state index contributed by atoms with van der Waals surface area (Å²) in [5.74, 6) is -0.714. The van der Waals surface area contributed by atoms with Crippen molar-refractivity contribution >= 4 is 21.6 Å². The first-order valence-corrected chi connectivity index (χ1v) is 8.35. The van der Waals surface area contributed by atoms with Crippen LogP contribution in [0.5, 0.6) is 0 Å². The first-order valence-electron chi connectivity index (χ1n) is 6.53. The highest BCUT2D eigenvalue weighted by molar-refractivity contribution is 7.89. The Hall–Kier alpha value is -0.690. The number of benzene rings is 1. The van der Waals surface area contributed by atoms with E-state index < -0.39 is 15.8 Å². The molecule has 0 radical (unpaired) electrons. The fourth-order valence-electron chi connectivity index (χ4n) is 2.44. The van der Waals surface area contributed by atoms with E-state index in [0.29, 0.717) is 13.1 Å². The van der Waals surface area contributed by atoms with Gasteiger partial charge in [0.15, 0.2) is 0 Å². The Morgan fingerprint density at radius 2 is 2.20 bits per heavy atom. The molecular formula is C13H18ClFN2O2S. The molecule has 2 N–H and O–H groups in total. The van der Waals surface area contributed by atoms with Gasteiger partial charge in [-0.05, 0) is 43.9 Å². The van der Waals surface area contributed by atoms with E-state index in [1.54, 1.807) is 0 Å². The van der Waals surface area contributed by atoms with Crippen molar-refractivity contribution in [2.75, 3.05) is 13.1 Å². The van der Waals surface area contributed by atoms with Gasteiger partial charge >= 0.3 is 0 Å². The summed E-state index contributed by atoms with van der Waals surface area (Å²) in [6.45, 7) is 2.60. The van der Waals surface area contributed by atoms with E-state index in [2.05, 4.69) is 0 Å². The van der Waals surface area contributed by atoms with Gasteiger partial charge in [0, 0.05) is 24.2 Å². The average Bonchev–Trinajstić information content (AvgIpc) is 2.38. The third-order valence-electron chi connectivity index (χ3n) is 3.68. The molecule has 0 amide bonds. The van der Waals surface area contributed by atoms with Crippen LogP contribution >= 0.6 is 11.6 Å². The van der Waals surface area contributed by atoms with Crippen molar-refractivity contribution in [3.05, 3.63) is 29.0 Å². The second-order valence-corrected chi connectivity index (χ2v) is 7.54. The summed E-state index contributed by atoms with van der Waals surface area (Å²) in [5.41, 5.74) is 5.85. The molecule has 2 atom stereocenters. The van der Waals surface area contributed by atoms with Gasteiger partial charge in [-0.3, -0.25) is 0 Å². The van der Waals surface area contributed by atoms with E-state index >= 15 is 0 Å². The van der Waals surface area contributed by atoms with Crippen molar-refractivity contribution < 1.29 is 12.8 Å². The van der Waals surface area contributed by atoms with E-state index in [1.165, 1.54) is 16.4 Å². The van der Waals surface area contributed by atoms with Gasteiger partial charge in [0.25, 0.3) is 0 Å². The number of nitrogens with zero attached hydrogens (tertiary/aromatic N) is 1. The highest BCUT2D eigenvalue weighted by Gasteiger charge is 2.33. The minimum absolute atomic E-state index is 0.0805. The van der Waals surface area contributed by atoms with E-state index in [9.17, 15) is 12.8 Å². The lowest BCUT2D eigenvalue weighted by Crippen LogP contribution is -2.45. The summed E-state index contributed by atoms with van der Waals surface area (Å²) >= 11 is 5.65. The molecule has 1 aromatic rings. The van der Waals surface area contributed by atoms with Crippen LogP contribution in [0, 0.1) is 11.7 Å². The number of nitrogens with two attached hydrogens (primary N) is 1. The van der Waals surface area contributed by atoms with Crippen molar-refractivity contribution in [3.63, 3.8) is 0 Å². The van der Waals surface area contributed by atoms with Crippen LogP contribution in [0.15, 0.2) is 23.1 Å². The topological polar surface area (TPSA) is 63.4 Å². The second kappa shape index (κ2) is 5.97. The number of halogens is 2. The summed E-state index contributed by atoms with van der Waals surface area (Å²) in [5, 5.41) is 0.175. The molecule has 7 heteroatoms. The van der Waals surface area contributed by atoms with Gasteiger partial charge in [-0.2, -0.15) is 4.31 Å². The molecule has 20 heavy (non-hydrogen) atoms. The van der Waals surface area contributed by atoms with Gasteiger partial charge in [0.2, 0.25) is 10.0 Å². The Bertz CT molecular complexity index is 592. The molecule has 112 valence electrons. The maximum absolute atomic E-state index is 13.8. The smallest absolute Gasteiger partial charge is 0.245 e. The highest BCUT2D eigenvalue weighted by atomic mass is 35.5. The van der Waals surface area contributed by atoms with Crippen LogP contribution in [0.2, 0.25) is 5.02 Å². The lowest BCUT2D eigenvalue weighted by atomic mass is 9.93. The predicted molar refractivity (Wildman–Crippen MR) is 76.5 cm³/mol. The van der Waals surface area contributed by atoms with Crippen LogP contribution in [0.1, 0.15) is 19.8 Å². The fraction of sp³-hybridized carbons (Fsp3) is 0.538. The molecule has 0 saturated carbocycles. The zero-order chi connectivity index (χ0) is 14.9. The Labute approximate surface area is 123 Å². The number of rotatable bonds is 3. The van der Waals surface area contributed by atoms with Gasteiger partial charge in [-0.15, -0.1) is 0 Å². The Balaban J connectivity index is 2.30. The van der Waals surface area contributed by atoms with Gasteiger partial charge in [0.1, 0.15) is 10.7 Å². The third-order valence-corrected chi connectivity index (χ3v) is 5.81. The van der Waals surface area contributed by atoms with Crippen LogP contribution in [-0.2, 0) is 10.0 Å². The standard InChI is InChI=1S/C13H18ClFN2O2S/c1-9(16)10-3-2-6-17(8-10)20(18,19)13-5-4-11(14)7-12(13)15/h4-5,7,9-10H,2-3,6,8,16H2,1H3. The molecule has 4 nitrogen and oxygen atoms in total. The van der Waals surface area contributed by atoms with Gasteiger partial charge in [0.05, 0.1) is 0 Å². The summed E-state index contributed by atoms with van der Waals surface area (Å²) in [6.07, 6.45) is 1.63. The van der Waals surface area contributed by atoms with Crippen LogP contribution < -0.4 is 5.73 Å². The zero-order valence-corrected chi connectivity index (χ0v) is 12.8. The average molecular weight is 321 g/mol. The summed E-state index contributed by atoms with van der Waals surface area (Å²) in [6, 6.07) is 3.53.